The number of ether oxygens (including phenoxy) is 3. The maximum absolute atomic E-state index is 12.4. The van der Waals surface area contributed by atoms with Gasteiger partial charge in [0.15, 0.2) is 0 Å². The summed E-state index contributed by atoms with van der Waals surface area (Å²) in [6, 6.07) is 9.54. The summed E-state index contributed by atoms with van der Waals surface area (Å²) in [5.41, 5.74) is -0.441. The first-order chi connectivity index (χ1) is 13.3. The van der Waals surface area contributed by atoms with Crippen LogP contribution in [0.1, 0.15) is 45.6 Å². The lowest BCUT2D eigenvalue weighted by Crippen LogP contribution is -2.54. The highest BCUT2D eigenvalue weighted by Gasteiger charge is 2.64. The van der Waals surface area contributed by atoms with E-state index in [1.54, 1.807) is 6.08 Å². The van der Waals surface area contributed by atoms with Gasteiger partial charge in [-0.2, -0.15) is 0 Å². The first kappa shape index (κ1) is 20.6. The number of aliphatic hydroxyl groups excluding tert-OH is 1. The molecule has 0 saturated carbocycles. The van der Waals surface area contributed by atoms with Crippen molar-refractivity contribution in [1.82, 2.24) is 0 Å². The maximum atomic E-state index is 12.4. The topological polar surface area (TPSA) is 82.1 Å². The lowest BCUT2D eigenvalue weighted by atomic mass is 9.81. The predicted molar refractivity (Wildman–Crippen MR) is 103 cm³/mol. The van der Waals surface area contributed by atoms with Crippen molar-refractivity contribution in [3.63, 3.8) is 0 Å². The van der Waals surface area contributed by atoms with E-state index in [2.05, 4.69) is 0 Å². The summed E-state index contributed by atoms with van der Waals surface area (Å²) in [6.07, 6.45) is 3.92. The van der Waals surface area contributed by atoms with Gasteiger partial charge < -0.3 is 19.3 Å². The molecule has 152 valence electrons. The molecule has 4 atom stereocenters. The molecule has 0 unspecified atom stereocenters. The van der Waals surface area contributed by atoms with Crippen molar-refractivity contribution in [3.8, 4) is 0 Å². The molecule has 0 spiro atoms. The lowest BCUT2D eigenvalue weighted by Gasteiger charge is -2.45. The van der Waals surface area contributed by atoms with Gasteiger partial charge in [0.2, 0.25) is 0 Å². The van der Waals surface area contributed by atoms with Crippen molar-refractivity contribution in [2.75, 3.05) is 6.61 Å². The fraction of sp³-hybridized carbons (Fsp3) is 0.545. The van der Waals surface area contributed by atoms with E-state index >= 15 is 0 Å². The van der Waals surface area contributed by atoms with Gasteiger partial charge in [0, 0.05) is 12.5 Å². The molecular weight excluding hydrogens is 360 g/mol. The van der Waals surface area contributed by atoms with Crippen LogP contribution in [0.25, 0.3) is 6.08 Å². The number of fused-ring (bicyclic) bond motifs is 2. The molecule has 0 aromatic heterocycles. The Morgan fingerprint density at radius 3 is 2.61 bits per heavy atom. The Kier molecular flexibility index (Phi) is 5.91. The molecule has 3 rings (SSSR count). The summed E-state index contributed by atoms with van der Waals surface area (Å²) < 4.78 is 17.6. The van der Waals surface area contributed by atoms with Crippen LogP contribution in [0, 0.1) is 5.92 Å². The highest BCUT2D eigenvalue weighted by Crippen LogP contribution is 2.53. The highest BCUT2D eigenvalue weighted by atomic mass is 16.6. The zero-order chi connectivity index (χ0) is 20.4. The summed E-state index contributed by atoms with van der Waals surface area (Å²) in [4.78, 5) is 24.1. The predicted octanol–water partition coefficient (Wildman–Crippen LogP) is 2.88. The van der Waals surface area contributed by atoms with Gasteiger partial charge in [-0.3, -0.25) is 0 Å². The summed E-state index contributed by atoms with van der Waals surface area (Å²) in [5.74, 6) is -1.03. The smallest absolute Gasteiger partial charge is 0.332 e. The van der Waals surface area contributed by atoms with Gasteiger partial charge in [0.1, 0.15) is 30.0 Å². The first-order valence-electron chi connectivity index (χ1n) is 9.73. The first-order valence-corrected chi connectivity index (χ1v) is 9.73. The maximum Gasteiger partial charge on any atom is 0.332 e. The van der Waals surface area contributed by atoms with Crippen LogP contribution in [-0.2, 0) is 23.8 Å². The second-order valence-electron chi connectivity index (χ2n) is 8.07. The number of aliphatic hydroxyl groups is 1. The molecule has 2 fully saturated rings. The van der Waals surface area contributed by atoms with Crippen molar-refractivity contribution in [2.24, 2.45) is 5.92 Å². The normalized spacial score (nSPS) is 31.9. The Balaban J connectivity index is 1.74. The minimum absolute atomic E-state index is 0.0563. The van der Waals surface area contributed by atoms with Crippen molar-refractivity contribution >= 4 is 18.0 Å². The summed E-state index contributed by atoms with van der Waals surface area (Å²) in [5, 5.41) is 9.02. The fourth-order valence-electron chi connectivity index (χ4n) is 4.27. The molecule has 1 aromatic carbocycles. The Hall–Kier alpha value is -2.18. The van der Waals surface area contributed by atoms with Crippen molar-refractivity contribution in [3.05, 3.63) is 42.0 Å². The van der Waals surface area contributed by atoms with E-state index in [1.807, 2.05) is 51.1 Å². The zero-order valence-corrected chi connectivity index (χ0v) is 16.6. The van der Waals surface area contributed by atoms with Crippen LogP contribution < -0.4 is 0 Å². The van der Waals surface area contributed by atoms with E-state index in [-0.39, 0.29) is 5.92 Å². The van der Waals surface area contributed by atoms with Gasteiger partial charge in [-0.05, 0) is 37.3 Å². The van der Waals surface area contributed by atoms with Crippen LogP contribution in [0.15, 0.2) is 36.4 Å². The number of esters is 2. The summed E-state index contributed by atoms with van der Waals surface area (Å²) >= 11 is 0. The van der Waals surface area contributed by atoms with Gasteiger partial charge in [0.05, 0.1) is 0 Å². The molecule has 2 saturated heterocycles. The van der Waals surface area contributed by atoms with Crippen molar-refractivity contribution in [2.45, 2.75) is 63.4 Å². The molecule has 6 heteroatoms. The van der Waals surface area contributed by atoms with E-state index in [4.69, 9.17) is 19.3 Å². The third kappa shape index (κ3) is 3.98. The van der Waals surface area contributed by atoms with E-state index in [1.165, 1.54) is 6.08 Å². The van der Waals surface area contributed by atoms with E-state index in [0.29, 0.717) is 19.3 Å². The van der Waals surface area contributed by atoms with Crippen LogP contribution >= 0.6 is 0 Å². The molecule has 28 heavy (non-hydrogen) atoms. The van der Waals surface area contributed by atoms with Gasteiger partial charge in [-0.1, -0.05) is 44.2 Å². The Morgan fingerprint density at radius 1 is 1.25 bits per heavy atom. The molecule has 2 heterocycles. The monoisotopic (exact) mass is 388 g/mol. The fourth-order valence-corrected chi connectivity index (χ4v) is 4.27. The van der Waals surface area contributed by atoms with E-state index < -0.39 is 42.0 Å². The molecule has 1 aromatic rings. The van der Waals surface area contributed by atoms with Crippen LogP contribution in [0.2, 0.25) is 0 Å². The largest absolute Gasteiger partial charge is 0.457 e. The Labute approximate surface area is 165 Å². The molecule has 1 N–H and O–H groups in total. The summed E-state index contributed by atoms with van der Waals surface area (Å²) in [6.45, 7) is 5.29. The quantitative estimate of drug-likeness (QED) is 0.596. The SMILES string of the molecule is CC(C)[C@]12C[C@@H](OC(=O)CO)[C@](C)(CC[C@@H]1OC(=O)/C=C/c1ccccc1)O2. The number of benzene rings is 1. The van der Waals surface area contributed by atoms with Crippen LogP contribution in [0.5, 0.6) is 0 Å². The summed E-state index contributed by atoms with van der Waals surface area (Å²) in [7, 11) is 0. The van der Waals surface area contributed by atoms with Gasteiger partial charge in [-0.15, -0.1) is 0 Å². The van der Waals surface area contributed by atoms with Crippen LogP contribution in [0.4, 0.5) is 0 Å². The number of hydrogen-bond donors (Lipinski definition) is 1. The molecule has 0 amide bonds. The Bertz CT molecular complexity index is 743. The Morgan fingerprint density at radius 2 is 1.96 bits per heavy atom. The average molecular weight is 388 g/mol. The molecular formula is C22H28O6. The van der Waals surface area contributed by atoms with Crippen molar-refractivity contribution < 1.29 is 28.9 Å². The second kappa shape index (κ2) is 8.05. The average Bonchev–Trinajstić information content (AvgIpc) is 2.92. The number of carbonyl (C=O) groups excluding carboxylic acids is 2. The molecule has 2 aliphatic rings. The standard InChI is InChI=1S/C22H28O6/c1-15(2)22-13-18(27-20(25)14-23)21(3,28-22)12-11-17(22)26-19(24)10-9-16-7-5-4-6-8-16/h4-10,15,17-18,23H,11-14H2,1-3H3/b10-9+/t17-,18+,21-,22+/m0/s1. The van der Waals surface area contributed by atoms with Crippen molar-refractivity contribution in [1.29, 1.82) is 0 Å². The molecule has 0 aliphatic carbocycles. The minimum Gasteiger partial charge on any atom is -0.457 e. The van der Waals surface area contributed by atoms with E-state index in [0.717, 1.165) is 5.56 Å². The third-order valence-corrected chi connectivity index (χ3v) is 5.91. The molecule has 0 radical (unpaired) electrons. The zero-order valence-electron chi connectivity index (χ0n) is 16.6. The minimum atomic E-state index is -0.719. The molecule has 6 nitrogen and oxygen atoms in total. The van der Waals surface area contributed by atoms with Crippen LogP contribution in [-0.4, -0.2) is 47.1 Å². The number of hydrogen-bond acceptors (Lipinski definition) is 6. The second-order valence-corrected chi connectivity index (χ2v) is 8.07. The third-order valence-electron chi connectivity index (χ3n) is 5.91. The molecule has 2 aliphatic heterocycles. The van der Waals surface area contributed by atoms with E-state index in [9.17, 15) is 9.59 Å². The van der Waals surface area contributed by atoms with Gasteiger partial charge in [-0.25, -0.2) is 9.59 Å². The number of rotatable bonds is 6. The lowest BCUT2D eigenvalue weighted by molar-refractivity contribution is -0.225. The van der Waals surface area contributed by atoms with Gasteiger partial charge in [0.25, 0.3) is 0 Å². The number of carbonyl (C=O) groups is 2. The molecule has 2 bridgehead atoms. The van der Waals surface area contributed by atoms with Gasteiger partial charge >= 0.3 is 11.9 Å². The van der Waals surface area contributed by atoms with Crippen LogP contribution in [0.3, 0.4) is 0 Å². The highest BCUT2D eigenvalue weighted by molar-refractivity contribution is 5.87.